The lowest BCUT2D eigenvalue weighted by Crippen LogP contribution is -2.38. The molecule has 3 rings (SSSR count). The largest absolute Gasteiger partial charge is 0.493 e. The molecule has 4 heteroatoms. The predicted molar refractivity (Wildman–Crippen MR) is 58.9 cm³/mol. The second kappa shape index (κ2) is 3.23. The molecule has 0 bridgehead atoms. The van der Waals surface area contributed by atoms with Crippen LogP contribution in [-0.4, -0.2) is 24.4 Å². The highest BCUT2D eigenvalue weighted by Gasteiger charge is 2.45. The van der Waals surface area contributed by atoms with Crippen LogP contribution in [0.5, 0.6) is 17.2 Å². The maximum absolute atomic E-state index is 5.91. The van der Waals surface area contributed by atoms with Crippen molar-refractivity contribution >= 4 is 11.8 Å². The molecule has 1 aromatic rings. The first-order valence-corrected chi connectivity index (χ1v) is 6.11. The van der Waals surface area contributed by atoms with Gasteiger partial charge in [0.05, 0.1) is 12.9 Å². The Hall–Kier alpha value is -1.03. The number of hydrogen-bond acceptors (Lipinski definition) is 4. The molecule has 1 aromatic carbocycles. The van der Waals surface area contributed by atoms with Crippen molar-refractivity contribution in [3.63, 3.8) is 0 Å². The predicted octanol–water partition coefficient (Wildman–Crippen LogP) is 2.30. The molecule has 15 heavy (non-hydrogen) atoms. The lowest BCUT2D eigenvalue weighted by atomic mass is 10.2. The minimum Gasteiger partial charge on any atom is -0.493 e. The van der Waals surface area contributed by atoms with Crippen molar-refractivity contribution in [2.45, 2.75) is 12.2 Å². The van der Waals surface area contributed by atoms with Crippen LogP contribution in [0, 0.1) is 0 Å². The van der Waals surface area contributed by atoms with Crippen LogP contribution in [0.1, 0.15) is 6.42 Å². The number of para-hydroxylation sites is 1. The third kappa shape index (κ3) is 1.35. The van der Waals surface area contributed by atoms with Gasteiger partial charge >= 0.3 is 0 Å². The molecule has 0 aromatic heterocycles. The molecule has 2 aliphatic rings. The number of benzene rings is 1. The Bertz CT molecular complexity index is 385. The Morgan fingerprint density at radius 1 is 1.40 bits per heavy atom. The lowest BCUT2D eigenvalue weighted by molar-refractivity contribution is -0.0540. The van der Waals surface area contributed by atoms with Crippen LogP contribution in [0.25, 0.3) is 0 Å². The molecule has 2 heterocycles. The average Bonchev–Trinajstić information content (AvgIpc) is 2.84. The number of methoxy groups -OCH3 is 1. The fourth-order valence-electron chi connectivity index (χ4n) is 1.93. The molecule has 3 nitrogen and oxygen atoms in total. The van der Waals surface area contributed by atoms with Crippen LogP contribution >= 0.6 is 11.8 Å². The number of fused-ring (bicyclic) bond motifs is 1. The molecule has 0 N–H and O–H groups in total. The molecule has 0 radical (unpaired) electrons. The van der Waals surface area contributed by atoms with Crippen molar-refractivity contribution in [2.75, 3.05) is 18.6 Å². The summed E-state index contributed by atoms with van der Waals surface area (Å²) in [5, 5.41) is 0. The summed E-state index contributed by atoms with van der Waals surface area (Å²) >= 11 is 1.86. The summed E-state index contributed by atoms with van der Waals surface area (Å²) in [5.41, 5.74) is 0. The molecular formula is C11H12O3S. The van der Waals surface area contributed by atoms with Crippen molar-refractivity contribution < 1.29 is 14.2 Å². The van der Waals surface area contributed by atoms with Crippen LogP contribution in [-0.2, 0) is 0 Å². The Kier molecular flexibility index (Phi) is 1.99. The Labute approximate surface area is 92.7 Å². The van der Waals surface area contributed by atoms with Gasteiger partial charge in [0.25, 0.3) is 5.79 Å². The minimum absolute atomic E-state index is 0.429. The van der Waals surface area contributed by atoms with E-state index in [0.29, 0.717) is 0 Å². The first-order valence-electron chi connectivity index (χ1n) is 4.96. The second-order valence-corrected chi connectivity index (χ2v) is 4.81. The average molecular weight is 224 g/mol. The topological polar surface area (TPSA) is 27.7 Å². The molecule has 2 aliphatic heterocycles. The first-order chi connectivity index (χ1) is 7.33. The summed E-state index contributed by atoms with van der Waals surface area (Å²) in [4.78, 5) is 0. The van der Waals surface area contributed by atoms with Gasteiger partial charge in [-0.05, 0) is 12.1 Å². The zero-order chi connectivity index (χ0) is 10.3. The normalized spacial score (nSPS) is 27.3. The Balaban J connectivity index is 1.98. The molecule has 0 aliphatic carbocycles. The zero-order valence-electron chi connectivity index (χ0n) is 8.49. The molecular weight excluding hydrogens is 212 g/mol. The molecule has 1 unspecified atom stereocenters. The van der Waals surface area contributed by atoms with Gasteiger partial charge in [-0.3, -0.25) is 0 Å². The number of thioether (sulfide) groups is 1. The fraction of sp³-hybridized carbons (Fsp3) is 0.455. The third-order valence-electron chi connectivity index (χ3n) is 2.70. The van der Waals surface area contributed by atoms with Crippen molar-refractivity contribution in [3.8, 4) is 17.2 Å². The number of ether oxygens (including phenoxy) is 3. The van der Waals surface area contributed by atoms with E-state index in [-0.39, 0.29) is 0 Å². The standard InChI is InChI=1S/C11H12O3S/c1-12-8-3-2-4-9-10(8)14-11(13-9)5-6-15-7-11/h2-4H,5-7H2,1H3. The van der Waals surface area contributed by atoms with Crippen molar-refractivity contribution in [1.82, 2.24) is 0 Å². The van der Waals surface area contributed by atoms with Gasteiger partial charge in [0.1, 0.15) is 0 Å². The summed E-state index contributed by atoms with van der Waals surface area (Å²) in [6, 6.07) is 5.74. The summed E-state index contributed by atoms with van der Waals surface area (Å²) in [6.07, 6.45) is 0.940. The molecule has 1 saturated heterocycles. The Morgan fingerprint density at radius 3 is 3.07 bits per heavy atom. The van der Waals surface area contributed by atoms with Crippen molar-refractivity contribution in [1.29, 1.82) is 0 Å². The van der Waals surface area contributed by atoms with Gasteiger partial charge in [0.15, 0.2) is 11.5 Å². The van der Waals surface area contributed by atoms with E-state index in [9.17, 15) is 0 Å². The molecule has 1 spiro atoms. The summed E-state index contributed by atoms with van der Waals surface area (Å²) < 4.78 is 17.0. The first kappa shape index (κ1) is 9.21. The van der Waals surface area contributed by atoms with E-state index in [4.69, 9.17) is 14.2 Å². The Morgan fingerprint density at radius 2 is 2.33 bits per heavy atom. The van der Waals surface area contributed by atoms with Crippen LogP contribution in [0.3, 0.4) is 0 Å². The van der Waals surface area contributed by atoms with E-state index in [1.54, 1.807) is 7.11 Å². The maximum Gasteiger partial charge on any atom is 0.261 e. The molecule has 1 fully saturated rings. The number of rotatable bonds is 1. The SMILES string of the molecule is COc1cccc2c1OC1(CCSC1)O2. The van der Waals surface area contributed by atoms with Crippen LogP contribution < -0.4 is 14.2 Å². The second-order valence-electron chi connectivity index (χ2n) is 3.70. The maximum atomic E-state index is 5.91. The van der Waals surface area contributed by atoms with Crippen LogP contribution in [0.15, 0.2) is 18.2 Å². The van der Waals surface area contributed by atoms with Crippen molar-refractivity contribution in [2.24, 2.45) is 0 Å². The lowest BCUT2D eigenvalue weighted by Gasteiger charge is -2.20. The smallest absolute Gasteiger partial charge is 0.261 e. The molecule has 0 saturated carbocycles. The van der Waals surface area contributed by atoms with E-state index in [2.05, 4.69) is 0 Å². The quantitative estimate of drug-likeness (QED) is 0.731. The van der Waals surface area contributed by atoms with Crippen molar-refractivity contribution in [3.05, 3.63) is 18.2 Å². The zero-order valence-corrected chi connectivity index (χ0v) is 9.30. The van der Waals surface area contributed by atoms with Gasteiger partial charge in [0.2, 0.25) is 5.75 Å². The third-order valence-corrected chi connectivity index (χ3v) is 3.83. The van der Waals surface area contributed by atoms with Gasteiger partial charge in [-0.2, -0.15) is 11.8 Å². The summed E-state index contributed by atoms with van der Waals surface area (Å²) in [7, 11) is 1.65. The highest BCUT2D eigenvalue weighted by atomic mass is 32.2. The van der Waals surface area contributed by atoms with Gasteiger partial charge in [-0.15, -0.1) is 0 Å². The molecule has 1 atom stereocenters. The highest BCUT2D eigenvalue weighted by molar-refractivity contribution is 7.99. The van der Waals surface area contributed by atoms with Gasteiger partial charge < -0.3 is 14.2 Å². The highest BCUT2D eigenvalue weighted by Crippen LogP contribution is 2.49. The van der Waals surface area contributed by atoms with E-state index >= 15 is 0 Å². The molecule has 0 amide bonds. The van der Waals surface area contributed by atoms with Gasteiger partial charge in [-0.1, -0.05) is 6.07 Å². The van der Waals surface area contributed by atoms with E-state index < -0.39 is 5.79 Å². The van der Waals surface area contributed by atoms with E-state index in [1.807, 2.05) is 30.0 Å². The van der Waals surface area contributed by atoms with Crippen LogP contribution in [0.2, 0.25) is 0 Å². The fourth-order valence-corrected chi connectivity index (χ4v) is 3.11. The summed E-state index contributed by atoms with van der Waals surface area (Å²) in [5.74, 6) is 3.86. The molecule has 80 valence electrons. The minimum atomic E-state index is -0.429. The van der Waals surface area contributed by atoms with Gasteiger partial charge in [-0.25, -0.2) is 0 Å². The summed E-state index contributed by atoms with van der Waals surface area (Å²) in [6.45, 7) is 0. The monoisotopic (exact) mass is 224 g/mol. The van der Waals surface area contributed by atoms with Crippen LogP contribution in [0.4, 0.5) is 0 Å². The van der Waals surface area contributed by atoms with E-state index in [0.717, 1.165) is 35.2 Å². The van der Waals surface area contributed by atoms with E-state index in [1.165, 1.54) is 0 Å². The number of hydrogen-bond donors (Lipinski definition) is 0. The van der Waals surface area contributed by atoms with Gasteiger partial charge in [0, 0.05) is 12.2 Å².